The van der Waals surface area contributed by atoms with Crippen molar-refractivity contribution in [3.8, 4) is 5.75 Å². The summed E-state index contributed by atoms with van der Waals surface area (Å²) in [6, 6.07) is 13.7. The molecule has 2 aromatic carbocycles. The molecular weight excluding hydrogens is 372 g/mol. The van der Waals surface area contributed by atoms with Crippen LogP contribution in [0.15, 0.2) is 57.7 Å². The first-order valence-electron chi connectivity index (χ1n) is 9.09. The number of hydrogen-bond donors (Lipinski definition) is 1. The van der Waals surface area contributed by atoms with Crippen LogP contribution >= 0.6 is 0 Å². The highest BCUT2D eigenvalue weighted by Gasteiger charge is 2.15. The van der Waals surface area contributed by atoms with Gasteiger partial charge in [0.15, 0.2) is 6.61 Å². The third-order valence-electron chi connectivity index (χ3n) is 4.43. The number of fused-ring (bicyclic) bond motifs is 1. The molecule has 0 radical (unpaired) electrons. The lowest BCUT2D eigenvalue weighted by Crippen LogP contribution is -2.37. The molecule has 2 amide bonds. The van der Waals surface area contributed by atoms with Gasteiger partial charge in [-0.2, -0.15) is 0 Å². The van der Waals surface area contributed by atoms with Gasteiger partial charge in [-0.3, -0.25) is 9.59 Å². The van der Waals surface area contributed by atoms with E-state index in [1.807, 2.05) is 32.0 Å². The SMILES string of the molecule is Cc1ccc(C)c(NC(=O)CN(C)C(=O)COc2ccc3ccc(=O)oc3c2)c1. The van der Waals surface area contributed by atoms with E-state index in [0.29, 0.717) is 11.3 Å². The molecule has 1 aromatic heterocycles. The summed E-state index contributed by atoms with van der Waals surface area (Å²) < 4.78 is 10.6. The summed E-state index contributed by atoms with van der Waals surface area (Å²) in [5.74, 6) is -0.244. The normalized spacial score (nSPS) is 10.6. The summed E-state index contributed by atoms with van der Waals surface area (Å²) in [5, 5.41) is 3.57. The maximum Gasteiger partial charge on any atom is 0.336 e. The van der Waals surface area contributed by atoms with Crippen molar-refractivity contribution in [3.05, 3.63) is 70.1 Å². The van der Waals surface area contributed by atoms with Gasteiger partial charge in [0.1, 0.15) is 11.3 Å². The Morgan fingerprint density at radius 3 is 2.62 bits per heavy atom. The van der Waals surface area contributed by atoms with Crippen molar-refractivity contribution in [1.29, 1.82) is 0 Å². The second-order valence-electron chi connectivity index (χ2n) is 6.86. The Hall–Kier alpha value is -3.61. The zero-order valence-corrected chi connectivity index (χ0v) is 16.5. The maximum atomic E-state index is 12.3. The van der Waals surface area contributed by atoms with Crippen molar-refractivity contribution in [2.24, 2.45) is 0 Å². The second-order valence-corrected chi connectivity index (χ2v) is 6.86. The lowest BCUT2D eigenvalue weighted by molar-refractivity contribution is -0.135. The van der Waals surface area contributed by atoms with Gasteiger partial charge in [0, 0.05) is 30.3 Å². The van der Waals surface area contributed by atoms with Gasteiger partial charge in [-0.05, 0) is 49.2 Å². The van der Waals surface area contributed by atoms with Gasteiger partial charge in [-0.25, -0.2) is 4.79 Å². The number of anilines is 1. The van der Waals surface area contributed by atoms with Crippen LogP contribution in [0.25, 0.3) is 11.0 Å². The van der Waals surface area contributed by atoms with Crippen LogP contribution in [0.5, 0.6) is 5.75 Å². The molecule has 0 spiro atoms. The molecule has 0 bridgehead atoms. The highest BCUT2D eigenvalue weighted by Crippen LogP contribution is 2.19. The number of aryl methyl sites for hydroxylation is 2. The Bertz CT molecular complexity index is 1120. The molecule has 1 heterocycles. The molecule has 0 fully saturated rings. The van der Waals surface area contributed by atoms with E-state index in [0.717, 1.165) is 22.2 Å². The maximum absolute atomic E-state index is 12.3. The van der Waals surface area contributed by atoms with Gasteiger partial charge >= 0.3 is 5.63 Å². The van der Waals surface area contributed by atoms with Crippen LogP contribution in [0.2, 0.25) is 0 Å². The molecule has 7 heteroatoms. The minimum Gasteiger partial charge on any atom is -0.484 e. The van der Waals surface area contributed by atoms with Crippen molar-refractivity contribution >= 4 is 28.5 Å². The van der Waals surface area contributed by atoms with Crippen LogP contribution < -0.4 is 15.7 Å². The number of carbonyl (C=O) groups is 2. The lowest BCUT2D eigenvalue weighted by atomic mass is 10.1. The van der Waals surface area contributed by atoms with Crippen LogP contribution in [0.4, 0.5) is 5.69 Å². The van der Waals surface area contributed by atoms with E-state index >= 15 is 0 Å². The smallest absolute Gasteiger partial charge is 0.336 e. The van der Waals surface area contributed by atoms with Crippen molar-refractivity contribution in [2.75, 3.05) is 25.5 Å². The summed E-state index contributed by atoms with van der Waals surface area (Å²) >= 11 is 0. The third-order valence-corrected chi connectivity index (χ3v) is 4.43. The van der Waals surface area contributed by atoms with Gasteiger partial charge < -0.3 is 19.4 Å². The molecule has 7 nitrogen and oxygen atoms in total. The molecule has 0 aliphatic carbocycles. The summed E-state index contributed by atoms with van der Waals surface area (Å²) in [6.07, 6.45) is 0. The van der Waals surface area contributed by atoms with Crippen LogP contribution in [0, 0.1) is 13.8 Å². The lowest BCUT2D eigenvalue weighted by Gasteiger charge is -2.18. The molecule has 150 valence electrons. The molecule has 0 aliphatic heterocycles. The highest BCUT2D eigenvalue weighted by molar-refractivity contribution is 5.95. The predicted octanol–water partition coefficient (Wildman–Crippen LogP) is 2.89. The molecule has 0 aliphatic rings. The highest BCUT2D eigenvalue weighted by atomic mass is 16.5. The zero-order valence-electron chi connectivity index (χ0n) is 16.5. The number of likely N-dealkylation sites (N-methyl/N-ethyl adjacent to an activating group) is 1. The Balaban J connectivity index is 1.55. The van der Waals surface area contributed by atoms with Gasteiger partial charge in [0.05, 0.1) is 6.54 Å². The summed E-state index contributed by atoms with van der Waals surface area (Å²) in [5.41, 5.74) is 2.63. The fourth-order valence-corrected chi connectivity index (χ4v) is 2.75. The number of ether oxygens (including phenoxy) is 1. The van der Waals surface area contributed by atoms with E-state index in [-0.39, 0.29) is 25.0 Å². The second kappa shape index (κ2) is 8.60. The van der Waals surface area contributed by atoms with E-state index in [1.54, 1.807) is 24.3 Å². The largest absolute Gasteiger partial charge is 0.484 e. The topological polar surface area (TPSA) is 88.9 Å². The summed E-state index contributed by atoms with van der Waals surface area (Å²) in [4.78, 5) is 37.2. The molecule has 0 atom stereocenters. The first-order valence-corrected chi connectivity index (χ1v) is 9.09. The number of carbonyl (C=O) groups excluding carboxylic acids is 2. The third kappa shape index (κ3) is 5.22. The standard InChI is InChI=1S/C22H22N2O5/c1-14-4-5-15(2)18(10-14)23-20(25)12-24(3)21(26)13-28-17-8-6-16-7-9-22(27)29-19(16)11-17/h4-11H,12-13H2,1-3H3,(H,23,25). The number of nitrogens with zero attached hydrogens (tertiary/aromatic N) is 1. The van der Waals surface area contributed by atoms with Gasteiger partial charge in [0.2, 0.25) is 5.91 Å². The van der Waals surface area contributed by atoms with E-state index in [2.05, 4.69) is 5.32 Å². The molecule has 0 saturated carbocycles. The zero-order chi connectivity index (χ0) is 21.0. The van der Waals surface area contributed by atoms with Crippen molar-refractivity contribution in [2.45, 2.75) is 13.8 Å². The van der Waals surface area contributed by atoms with E-state index in [4.69, 9.17) is 9.15 Å². The van der Waals surface area contributed by atoms with Gasteiger partial charge in [-0.1, -0.05) is 12.1 Å². The van der Waals surface area contributed by atoms with Crippen molar-refractivity contribution < 1.29 is 18.7 Å². The Labute approximate surface area is 167 Å². The molecule has 0 unspecified atom stereocenters. The molecule has 1 N–H and O–H groups in total. The van der Waals surface area contributed by atoms with Crippen molar-refractivity contribution in [1.82, 2.24) is 4.90 Å². The molecule has 3 rings (SSSR count). The fraction of sp³-hybridized carbons (Fsp3) is 0.227. The summed E-state index contributed by atoms with van der Waals surface area (Å²) in [6.45, 7) is 3.52. The Morgan fingerprint density at radius 2 is 1.83 bits per heavy atom. The molecule has 0 saturated heterocycles. The molecule has 29 heavy (non-hydrogen) atoms. The Kier molecular flexibility index (Phi) is 5.97. The first-order chi connectivity index (χ1) is 13.8. The number of rotatable bonds is 6. The summed E-state index contributed by atoms with van der Waals surface area (Å²) in [7, 11) is 1.54. The Morgan fingerprint density at radius 1 is 1.07 bits per heavy atom. The number of hydrogen-bond acceptors (Lipinski definition) is 5. The van der Waals surface area contributed by atoms with Crippen molar-refractivity contribution in [3.63, 3.8) is 0 Å². The van der Waals surface area contributed by atoms with Gasteiger partial charge in [0.25, 0.3) is 5.91 Å². The quantitative estimate of drug-likeness (QED) is 0.650. The minimum atomic E-state index is -0.458. The van der Waals surface area contributed by atoms with Gasteiger partial charge in [-0.15, -0.1) is 0 Å². The van der Waals surface area contributed by atoms with E-state index in [1.165, 1.54) is 18.0 Å². The van der Waals surface area contributed by atoms with E-state index < -0.39 is 5.63 Å². The average Bonchev–Trinajstić information content (AvgIpc) is 2.68. The van der Waals surface area contributed by atoms with Crippen LogP contribution in [0.3, 0.4) is 0 Å². The number of benzene rings is 2. The monoisotopic (exact) mass is 394 g/mol. The van der Waals surface area contributed by atoms with E-state index in [9.17, 15) is 14.4 Å². The number of amides is 2. The van der Waals surface area contributed by atoms with Crippen LogP contribution in [-0.2, 0) is 9.59 Å². The average molecular weight is 394 g/mol. The van der Waals surface area contributed by atoms with Crippen LogP contribution in [0.1, 0.15) is 11.1 Å². The molecule has 3 aromatic rings. The number of nitrogens with one attached hydrogen (secondary N) is 1. The minimum absolute atomic E-state index is 0.0951. The molecular formula is C22H22N2O5. The first kappa shape index (κ1) is 20.1. The van der Waals surface area contributed by atoms with Crippen LogP contribution in [-0.4, -0.2) is 36.9 Å². The predicted molar refractivity (Wildman–Crippen MR) is 110 cm³/mol. The fourth-order valence-electron chi connectivity index (χ4n) is 2.75.